The highest BCUT2D eigenvalue weighted by Gasteiger charge is 2.08. The van der Waals surface area contributed by atoms with E-state index in [1.165, 1.54) is 6.07 Å². The number of para-hydroxylation sites is 2. The van der Waals surface area contributed by atoms with Gasteiger partial charge in [-0.05, 0) is 29.8 Å². The molecule has 2 aromatic rings. The molecule has 0 spiro atoms. The van der Waals surface area contributed by atoms with Gasteiger partial charge in [-0.2, -0.15) is 8.78 Å². The molecule has 0 atom stereocenters. The molecule has 0 aliphatic carbocycles. The summed E-state index contributed by atoms with van der Waals surface area (Å²) >= 11 is 0. The quantitative estimate of drug-likeness (QED) is 0.872. The molecule has 3 nitrogen and oxygen atoms in total. The Morgan fingerprint density at radius 3 is 2.33 bits per heavy atom. The van der Waals surface area contributed by atoms with Crippen LogP contribution in [0.5, 0.6) is 5.75 Å². The first-order valence-corrected chi connectivity index (χ1v) is 6.60. The summed E-state index contributed by atoms with van der Waals surface area (Å²) in [5.41, 5.74) is 2.72. The highest BCUT2D eigenvalue weighted by atomic mass is 19.3. The second kappa shape index (κ2) is 6.92. The molecule has 0 aliphatic rings. The van der Waals surface area contributed by atoms with Gasteiger partial charge in [-0.15, -0.1) is 0 Å². The number of rotatable bonds is 6. The first-order chi connectivity index (χ1) is 10.1. The van der Waals surface area contributed by atoms with Gasteiger partial charge in [0, 0.05) is 26.3 Å². The molecule has 0 aromatic heterocycles. The molecular weight excluding hydrogens is 274 g/mol. The fourth-order valence-electron chi connectivity index (χ4n) is 1.92. The fraction of sp³-hybridized carbons (Fsp3) is 0.250. The van der Waals surface area contributed by atoms with E-state index in [1.807, 2.05) is 43.3 Å². The number of hydrogen-bond acceptors (Lipinski definition) is 3. The van der Waals surface area contributed by atoms with Crippen LogP contribution in [0.25, 0.3) is 0 Å². The molecule has 0 unspecified atom stereocenters. The van der Waals surface area contributed by atoms with Crippen molar-refractivity contribution < 1.29 is 13.5 Å². The number of nitrogens with one attached hydrogen (secondary N) is 1. The zero-order valence-corrected chi connectivity index (χ0v) is 12.0. The fourth-order valence-corrected chi connectivity index (χ4v) is 1.92. The van der Waals surface area contributed by atoms with E-state index >= 15 is 0 Å². The molecule has 0 saturated carbocycles. The Morgan fingerprint density at radius 1 is 1.05 bits per heavy atom. The van der Waals surface area contributed by atoms with Crippen molar-refractivity contribution in [3.63, 3.8) is 0 Å². The van der Waals surface area contributed by atoms with Crippen LogP contribution in [0.1, 0.15) is 5.56 Å². The van der Waals surface area contributed by atoms with Crippen molar-refractivity contribution in [1.29, 1.82) is 0 Å². The predicted molar refractivity (Wildman–Crippen MR) is 81.2 cm³/mol. The van der Waals surface area contributed by atoms with Gasteiger partial charge < -0.3 is 15.0 Å². The topological polar surface area (TPSA) is 24.5 Å². The Balaban J connectivity index is 2.02. The summed E-state index contributed by atoms with van der Waals surface area (Å²) < 4.78 is 29.1. The average molecular weight is 292 g/mol. The van der Waals surface area contributed by atoms with Crippen molar-refractivity contribution in [2.24, 2.45) is 0 Å². The Labute approximate surface area is 123 Å². The van der Waals surface area contributed by atoms with Gasteiger partial charge in [-0.1, -0.05) is 24.3 Å². The van der Waals surface area contributed by atoms with E-state index in [4.69, 9.17) is 0 Å². The van der Waals surface area contributed by atoms with Crippen molar-refractivity contribution in [3.8, 4) is 5.75 Å². The summed E-state index contributed by atoms with van der Waals surface area (Å²) in [6.07, 6.45) is 0. The van der Waals surface area contributed by atoms with Gasteiger partial charge in [0.25, 0.3) is 0 Å². The number of halogens is 2. The molecular formula is C16H18F2N2O. The third-order valence-corrected chi connectivity index (χ3v) is 3.04. The Hall–Kier alpha value is -2.30. The molecule has 0 radical (unpaired) electrons. The van der Waals surface area contributed by atoms with Crippen molar-refractivity contribution in [3.05, 3.63) is 54.1 Å². The van der Waals surface area contributed by atoms with E-state index in [9.17, 15) is 8.78 Å². The highest BCUT2D eigenvalue weighted by molar-refractivity contribution is 5.56. The maximum atomic E-state index is 12.3. The molecule has 5 heteroatoms. The number of anilines is 2. The molecule has 112 valence electrons. The molecule has 0 bridgehead atoms. The molecule has 0 aliphatic heterocycles. The van der Waals surface area contributed by atoms with Gasteiger partial charge in [0.05, 0.1) is 5.69 Å². The SMILES string of the molecule is CN(C)c1ccc(CNc2ccccc2OC(F)F)cc1. The summed E-state index contributed by atoms with van der Waals surface area (Å²) in [5.74, 6) is 0.150. The first kappa shape index (κ1) is 15.1. The number of alkyl halides is 2. The average Bonchev–Trinajstić information content (AvgIpc) is 2.46. The molecule has 1 N–H and O–H groups in total. The van der Waals surface area contributed by atoms with Gasteiger partial charge >= 0.3 is 6.61 Å². The standard InChI is InChI=1S/C16H18F2N2O/c1-20(2)13-9-7-12(8-10-13)11-19-14-5-3-4-6-15(14)21-16(17)18/h3-10,16,19H,11H2,1-2H3. The van der Waals surface area contributed by atoms with Crippen LogP contribution in [-0.4, -0.2) is 20.7 Å². The summed E-state index contributed by atoms with van der Waals surface area (Å²) in [6.45, 7) is -2.29. The second-order valence-electron chi connectivity index (χ2n) is 4.79. The van der Waals surface area contributed by atoms with Crippen LogP contribution in [-0.2, 0) is 6.54 Å². The lowest BCUT2D eigenvalue weighted by atomic mass is 10.2. The molecule has 21 heavy (non-hydrogen) atoms. The number of nitrogens with zero attached hydrogens (tertiary/aromatic N) is 1. The van der Waals surface area contributed by atoms with Gasteiger partial charge in [0.1, 0.15) is 5.75 Å². The van der Waals surface area contributed by atoms with Crippen LogP contribution in [0.2, 0.25) is 0 Å². The molecule has 2 rings (SSSR count). The minimum absolute atomic E-state index is 0.150. The Kier molecular flexibility index (Phi) is 4.98. The number of benzene rings is 2. The van der Waals surface area contributed by atoms with E-state index in [0.29, 0.717) is 12.2 Å². The minimum Gasteiger partial charge on any atom is -0.433 e. The normalized spacial score (nSPS) is 10.5. The van der Waals surface area contributed by atoms with Crippen LogP contribution in [0.3, 0.4) is 0 Å². The van der Waals surface area contributed by atoms with Crippen molar-refractivity contribution >= 4 is 11.4 Å². The van der Waals surface area contributed by atoms with E-state index < -0.39 is 6.61 Å². The lowest BCUT2D eigenvalue weighted by Crippen LogP contribution is -2.09. The molecule has 0 saturated heterocycles. The third-order valence-electron chi connectivity index (χ3n) is 3.04. The lowest BCUT2D eigenvalue weighted by Gasteiger charge is -2.14. The summed E-state index contributed by atoms with van der Waals surface area (Å²) in [6, 6.07) is 14.7. The summed E-state index contributed by atoms with van der Waals surface area (Å²) in [4.78, 5) is 2.02. The van der Waals surface area contributed by atoms with E-state index in [0.717, 1.165) is 11.3 Å². The predicted octanol–water partition coefficient (Wildman–Crippen LogP) is 3.97. The summed E-state index contributed by atoms with van der Waals surface area (Å²) in [5, 5.41) is 3.11. The van der Waals surface area contributed by atoms with Crippen LogP contribution >= 0.6 is 0 Å². The third kappa shape index (κ3) is 4.34. The van der Waals surface area contributed by atoms with Crippen molar-refractivity contribution in [1.82, 2.24) is 0 Å². The van der Waals surface area contributed by atoms with E-state index in [2.05, 4.69) is 10.1 Å². The zero-order valence-electron chi connectivity index (χ0n) is 12.0. The van der Waals surface area contributed by atoms with Gasteiger partial charge in [0.2, 0.25) is 0 Å². The zero-order chi connectivity index (χ0) is 15.2. The molecule has 0 fully saturated rings. The number of hydrogen-bond donors (Lipinski definition) is 1. The van der Waals surface area contributed by atoms with Gasteiger partial charge in [-0.25, -0.2) is 0 Å². The van der Waals surface area contributed by atoms with Crippen molar-refractivity contribution in [2.75, 3.05) is 24.3 Å². The Morgan fingerprint density at radius 2 is 1.71 bits per heavy atom. The van der Waals surface area contributed by atoms with Crippen LogP contribution < -0.4 is 15.0 Å². The smallest absolute Gasteiger partial charge is 0.387 e. The minimum atomic E-state index is -2.83. The monoisotopic (exact) mass is 292 g/mol. The van der Waals surface area contributed by atoms with Crippen molar-refractivity contribution in [2.45, 2.75) is 13.2 Å². The Bertz CT molecular complexity index is 571. The number of ether oxygens (including phenoxy) is 1. The van der Waals surface area contributed by atoms with Crippen LogP contribution in [0.15, 0.2) is 48.5 Å². The van der Waals surface area contributed by atoms with Crippen LogP contribution in [0.4, 0.5) is 20.2 Å². The molecule has 0 heterocycles. The van der Waals surface area contributed by atoms with E-state index in [1.54, 1.807) is 18.2 Å². The van der Waals surface area contributed by atoms with Gasteiger partial charge in [0.15, 0.2) is 0 Å². The second-order valence-corrected chi connectivity index (χ2v) is 4.79. The lowest BCUT2D eigenvalue weighted by molar-refractivity contribution is -0.0493. The molecule has 2 aromatic carbocycles. The first-order valence-electron chi connectivity index (χ1n) is 6.60. The van der Waals surface area contributed by atoms with E-state index in [-0.39, 0.29) is 5.75 Å². The summed E-state index contributed by atoms with van der Waals surface area (Å²) in [7, 11) is 3.95. The maximum Gasteiger partial charge on any atom is 0.387 e. The largest absolute Gasteiger partial charge is 0.433 e. The highest BCUT2D eigenvalue weighted by Crippen LogP contribution is 2.26. The van der Waals surface area contributed by atoms with Gasteiger partial charge in [-0.3, -0.25) is 0 Å². The van der Waals surface area contributed by atoms with Crippen LogP contribution in [0, 0.1) is 0 Å². The maximum absolute atomic E-state index is 12.3. The molecule has 0 amide bonds.